The summed E-state index contributed by atoms with van der Waals surface area (Å²) in [6, 6.07) is 3.81. The van der Waals surface area contributed by atoms with Crippen LogP contribution in [-0.2, 0) is 0 Å². The molecule has 0 unspecified atom stereocenters. The van der Waals surface area contributed by atoms with Gasteiger partial charge in [0.2, 0.25) is 0 Å². The molecule has 0 heterocycles. The van der Waals surface area contributed by atoms with Crippen molar-refractivity contribution in [1.29, 1.82) is 0 Å². The van der Waals surface area contributed by atoms with Crippen molar-refractivity contribution in [2.24, 2.45) is 4.99 Å². The summed E-state index contributed by atoms with van der Waals surface area (Å²) >= 11 is 9.21. The van der Waals surface area contributed by atoms with Gasteiger partial charge in [0.1, 0.15) is 5.75 Å². The number of aliphatic imine (C=N–C) groups is 1. The molecule has 1 aliphatic rings. The summed E-state index contributed by atoms with van der Waals surface area (Å²) in [7, 11) is 0. The number of hydrogen-bond donors (Lipinski definition) is 1. The fourth-order valence-electron chi connectivity index (χ4n) is 2.10. The van der Waals surface area contributed by atoms with Crippen LogP contribution < -0.4 is 0 Å². The van der Waals surface area contributed by atoms with E-state index in [1.165, 1.54) is 19.3 Å². The fraction of sp³-hybridized carbons (Fsp3) is 0.462. The van der Waals surface area contributed by atoms with E-state index in [0.29, 0.717) is 21.1 Å². The smallest absolute Gasteiger partial charge is 0.138 e. The maximum absolute atomic E-state index is 9.85. The Morgan fingerprint density at radius 1 is 1.29 bits per heavy atom. The zero-order chi connectivity index (χ0) is 12.3. The van der Waals surface area contributed by atoms with E-state index in [2.05, 4.69) is 20.9 Å². The topological polar surface area (TPSA) is 32.6 Å². The zero-order valence-corrected chi connectivity index (χ0v) is 11.8. The van der Waals surface area contributed by atoms with Crippen LogP contribution in [-0.4, -0.2) is 17.4 Å². The predicted octanol–water partition coefficient (Wildman–Crippen LogP) is 4.56. The van der Waals surface area contributed by atoms with Crippen molar-refractivity contribution in [1.82, 2.24) is 0 Å². The number of nitrogens with zero attached hydrogens (tertiary/aromatic N) is 1. The monoisotopic (exact) mass is 315 g/mol. The maximum Gasteiger partial charge on any atom is 0.138 e. The number of phenols is 1. The van der Waals surface area contributed by atoms with Crippen molar-refractivity contribution < 1.29 is 5.11 Å². The van der Waals surface area contributed by atoms with E-state index < -0.39 is 0 Å². The molecule has 0 amide bonds. The summed E-state index contributed by atoms with van der Waals surface area (Å²) in [6.07, 6.45) is 7.88. The molecule has 1 aliphatic carbocycles. The molecule has 0 spiro atoms. The van der Waals surface area contributed by atoms with Gasteiger partial charge >= 0.3 is 0 Å². The minimum absolute atomic E-state index is 0.203. The number of rotatable bonds is 2. The lowest BCUT2D eigenvalue weighted by Crippen LogP contribution is -2.09. The van der Waals surface area contributed by atoms with E-state index in [4.69, 9.17) is 11.6 Å². The molecule has 1 aromatic rings. The number of halogens is 2. The van der Waals surface area contributed by atoms with Crippen molar-refractivity contribution in [2.75, 3.05) is 0 Å². The second-order valence-corrected chi connectivity index (χ2v) is 5.69. The molecular weight excluding hydrogens is 302 g/mol. The third-order valence-electron chi connectivity index (χ3n) is 3.06. The Bertz CT molecular complexity index is 428. The molecule has 2 nitrogen and oxygen atoms in total. The molecule has 1 N–H and O–H groups in total. The molecule has 0 atom stereocenters. The SMILES string of the molecule is Oc1c(Br)cc(Cl)cc1C=NC1CCCCC1. The van der Waals surface area contributed by atoms with E-state index in [0.717, 1.165) is 12.8 Å². The van der Waals surface area contributed by atoms with Gasteiger partial charge in [0.15, 0.2) is 0 Å². The summed E-state index contributed by atoms with van der Waals surface area (Å²) in [6.45, 7) is 0. The van der Waals surface area contributed by atoms with Crippen molar-refractivity contribution in [2.45, 2.75) is 38.1 Å². The number of phenolic OH excluding ortho intramolecular Hbond substituents is 1. The van der Waals surface area contributed by atoms with Gasteiger partial charge in [-0.25, -0.2) is 0 Å². The molecule has 0 aliphatic heterocycles. The van der Waals surface area contributed by atoms with Gasteiger partial charge in [-0.3, -0.25) is 4.99 Å². The van der Waals surface area contributed by atoms with Crippen LogP contribution in [0.25, 0.3) is 0 Å². The van der Waals surface area contributed by atoms with Crippen LogP contribution in [0.5, 0.6) is 5.75 Å². The fourth-order valence-corrected chi connectivity index (χ4v) is 2.93. The van der Waals surface area contributed by atoms with Crippen LogP contribution in [0.3, 0.4) is 0 Å². The molecule has 0 aromatic heterocycles. The van der Waals surface area contributed by atoms with Crippen molar-refractivity contribution in [3.8, 4) is 5.75 Å². The molecule has 17 heavy (non-hydrogen) atoms. The average Bonchev–Trinajstić information content (AvgIpc) is 2.33. The van der Waals surface area contributed by atoms with Crippen LogP contribution in [0.15, 0.2) is 21.6 Å². The lowest BCUT2D eigenvalue weighted by molar-refractivity contribution is 0.444. The van der Waals surface area contributed by atoms with Gasteiger partial charge in [0.05, 0.1) is 4.47 Å². The Morgan fingerprint density at radius 3 is 2.71 bits per heavy atom. The molecule has 0 saturated heterocycles. The highest BCUT2D eigenvalue weighted by atomic mass is 79.9. The Morgan fingerprint density at radius 2 is 2.00 bits per heavy atom. The summed E-state index contributed by atoms with van der Waals surface area (Å²) in [4.78, 5) is 4.53. The average molecular weight is 317 g/mol. The lowest BCUT2D eigenvalue weighted by Gasteiger charge is -2.17. The minimum Gasteiger partial charge on any atom is -0.506 e. The van der Waals surface area contributed by atoms with Gasteiger partial charge in [-0.15, -0.1) is 0 Å². The van der Waals surface area contributed by atoms with Crippen LogP contribution in [0.4, 0.5) is 0 Å². The van der Waals surface area contributed by atoms with Gasteiger partial charge < -0.3 is 5.11 Å². The van der Waals surface area contributed by atoms with Crippen LogP contribution in [0, 0.1) is 0 Å². The normalized spacial score (nSPS) is 17.8. The molecule has 1 fully saturated rings. The molecular formula is C13H15BrClNO. The molecule has 4 heteroatoms. The number of aromatic hydroxyl groups is 1. The zero-order valence-electron chi connectivity index (χ0n) is 9.50. The Hall–Kier alpha value is -0.540. The highest BCUT2D eigenvalue weighted by molar-refractivity contribution is 9.10. The van der Waals surface area contributed by atoms with Gasteiger partial charge in [-0.1, -0.05) is 30.9 Å². The Balaban J connectivity index is 2.14. The summed E-state index contributed by atoms with van der Waals surface area (Å²) < 4.78 is 0.607. The molecule has 0 radical (unpaired) electrons. The van der Waals surface area contributed by atoms with E-state index >= 15 is 0 Å². The third kappa shape index (κ3) is 3.46. The minimum atomic E-state index is 0.203. The van der Waals surface area contributed by atoms with Crippen LogP contribution in [0.1, 0.15) is 37.7 Å². The molecule has 1 saturated carbocycles. The summed E-state index contributed by atoms with van der Waals surface area (Å²) in [5.41, 5.74) is 0.676. The van der Waals surface area contributed by atoms with Crippen LogP contribution >= 0.6 is 27.5 Å². The highest BCUT2D eigenvalue weighted by Crippen LogP contribution is 2.30. The number of hydrogen-bond acceptors (Lipinski definition) is 2. The molecule has 0 bridgehead atoms. The molecule has 2 rings (SSSR count). The number of benzene rings is 1. The highest BCUT2D eigenvalue weighted by Gasteiger charge is 2.11. The Kier molecular flexibility index (Phi) is 4.46. The van der Waals surface area contributed by atoms with Crippen molar-refractivity contribution >= 4 is 33.7 Å². The van der Waals surface area contributed by atoms with Gasteiger partial charge in [-0.2, -0.15) is 0 Å². The van der Waals surface area contributed by atoms with Crippen molar-refractivity contribution in [3.63, 3.8) is 0 Å². The first-order valence-electron chi connectivity index (χ1n) is 5.88. The largest absolute Gasteiger partial charge is 0.506 e. The van der Waals surface area contributed by atoms with Crippen molar-refractivity contribution in [3.05, 3.63) is 27.2 Å². The molecule has 1 aromatic carbocycles. The van der Waals surface area contributed by atoms with Crippen LogP contribution in [0.2, 0.25) is 5.02 Å². The Labute approximate surface area is 115 Å². The summed E-state index contributed by atoms with van der Waals surface area (Å²) in [5.74, 6) is 0.203. The van der Waals surface area contributed by atoms with Gasteiger partial charge in [0, 0.05) is 22.8 Å². The summed E-state index contributed by atoms with van der Waals surface area (Å²) in [5, 5.41) is 10.5. The third-order valence-corrected chi connectivity index (χ3v) is 3.88. The first-order valence-corrected chi connectivity index (χ1v) is 7.05. The lowest BCUT2D eigenvalue weighted by atomic mass is 9.96. The molecule has 92 valence electrons. The van der Waals surface area contributed by atoms with E-state index in [9.17, 15) is 5.11 Å². The first kappa shape index (κ1) is 12.9. The standard InChI is InChI=1S/C13H15BrClNO/c14-12-7-10(15)6-9(13(12)17)8-16-11-4-2-1-3-5-11/h6-8,11,17H,1-5H2. The van der Waals surface area contributed by atoms with E-state index in [1.54, 1.807) is 18.3 Å². The second kappa shape index (κ2) is 5.87. The van der Waals surface area contributed by atoms with E-state index in [1.807, 2.05) is 0 Å². The maximum atomic E-state index is 9.85. The predicted molar refractivity (Wildman–Crippen MR) is 75.3 cm³/mol. The van der Waals surface area contributed by atoms with Gasteiger partial charge in [0.25, 0.3) is 0 Å². The first-order chi connectivity index (χ1) is 8.16. The van der Waals surface area contributed by atoms with Gasteiger partial charge in [-0.05, 0) is 40.9 Å². The second-order valence-electron chi connectivity index (χ2n) is 4.40. The van der Waals surface area contributed by atoms with E-state index in [-0.39, 0.29) is 5.75 Å². The quantitative estimate of drug-likeness (QED) is 0.797.